The second-order valence-corrected chi connectivity index (χ2v) is 5.91. The number of nitrogens with one attached hydrogen (secondary N) is 1. The van der Waals surface area contributed by atoms with Gasteiger partial charge in [0.2, 0.25) is 0 Å². The van der Waals surface area contributed by atoms with Crippen molar-refractivity contribution >= 4 is 5.69 Å². The third-order valence-electron chi connectivity index (χ3n) is 4.20. The lowest BCUT2D eigenvalue weighted by Crippen LogP contribution is -2.40. The van der Waals surface area contributed by atoms with E-state index in [1.807, 2.05) is 6.07 Å². The molecule has 0 heterocycles. The summed E-state index contributed by atoms with van der Waals surface area (Å²) >= 11 is 0. The van der Waals surface area contributed by atoms with Crippen LogP contribution >= 0.6 is 0 Å². The molecule has 112 valence electrons. The van der Waals surface area contributed by atoms with Crippen LogP contribution in [0.15, 0.2) is 24.3 Å². The fourth-order valence-corrected chi connectivity index (χ4v) is 3.02. The van der Waals surface area contributed by atoms with Crippen LogP contribution in [0.2, 0.25) is 0 Å². The minimum absolute atomic E-state index is 0.491. The molecule has 0 saturated heterocycles. The maximum absolute atomic E-state index is 6.03. The van der Waals surface area contributed by atoms with E-state index < -0.39 is 0 Å². The molecule has 1 aliphatic rings. The number of nitrogens with zero attached hydrogens (tertiary/aromatic N) is 1. The third-order valence-corrected chi connectivity index (χ3v) is 4.20. The minimum Gasteiger partial charge on any atom is -0.492 e. The molecule has 3 nitrogen and oxygen atoms in total. The summed E-state index contributed by atoms with van der Waals surface area (Å²) in [5.74, 6) is 1.75. The Bertz CT molecular complexity index is 400. The summed E-state index contributed by atoms with van der Waals surface area (Å²) in [5.41, 5.74) is 1.18. The van der Waals surface area contributed by atoms with E-state index in [2.05, 4.69) is 49.4 Å². The van der Waals surface area contributed by atoms with Gasteiger partial charge in [-0.1, -0.05) is 25.8 Å². The highest BCUT2D eigenvalue weighted by molar-refractivity contribution is 5.49. The van der Waals surface area contributed by atoms with Gasteiger partial charge in [-0.2, -0.15) is 0 Å². The maximum atomic E-state index is 6.03. The second kappa shape index (κ2) is 7.53. The van der Waals surface area contributed by atoms with Crippen LogP contribution in [0, 0.1) is 5.92 Å². The first-order valence-electron chi connectivity index (χ1n) is 7.84. The molecule has 1 aliphatic carbocycles. The van der Waals surface area contributed by atoms with Gasteiger partial charge in [0.15, 0.2) is 0 Å². The molecule has 1 aromatic rings. The lowest BCUT2D eigenvalue weighted by molar-refractivity contribution is 0.219. The van der Waals surface area contributed by atoms with E-state index in [0.717, 1.165) is 24.8 Å². The normalized spacial score (nSPS) is 17.1. The van der Waals surface area contributed by atoms with E-state index in [1.54, 1.807) is 0 Å². The predicted octanol–water partition coefficient (Wildman–Crippen LogP) is 3.30. The molecule has 0 aromatic heterocycles. The van der Waals surface area contributed by atoms with Gasteiger partial charge in [0, 0.05) is 31.9 Å². The van der Waals surface area contributed by atoms with E-state index in [1.165, 1.54) is 31.4 Å². The number of likely N-dealkylation sites (N-methyl/N-ethyl adjacent to an activating group) is 1. The Morgan fingerprint density at radius 2 is 2.05 bits per heavy atom. The summed E-state index contributed by atoms with van der Waals surface area (Å²) in [7, 11) is 4.11. The maximum Gasteiger partial charge on any atom is 0.121 e. The molecule has 0 amide bonds. The van der Waals surface area contributed by atoms with Gasteiger partial charge >= 0.3 is 0 Å². The third kappa shape index (κ3) is 4.14. The Balaban J connectivity index is 1.92. The van der Waals surface area contributed by atoms with E-state index in [4.69, 9.17) is 4.74 Å². The van der Waals surface area contributed by atoms with Gasteiger partial charge in [0.1, 0.15) is 12.4 Å². The number of anilines is 1. The van der Waals surface area contributed by atoms with Crippen molar-refractivity contribution in [2.45, 2.75) is 38.6 Å². The summed E-state index contributed by atoms with van der Waals surface area (Å²) < 4.78 is 6.03. The lowest BCUT2D eigenvalue weighted by atomic mass is 9.99. The Morgan fingerprint density at radius 3 is 2.70 bits per heavy atom. The average Bonchev–Trinajstić information content (AvgIpc) is 2.97. The van der Waals surface area contributed by atoms with Gasteiger partial charge in [0.25, 0.3) is 0 Å². The monoisotopic (exact) mass is 276 g/mol. The largest absolute Gasteiger partial charge is 0.492 e. The first-order chi connectivity index (χ1) is 9.70. The molecular formula is C17H28N2O. The lowest BCUT2D eigenvalue weighted by Gasteiger charge is -2.24. The molecule has 1 aromatic carbocycles. The molecule has 0 radical (unpaired) electrons. The molecular weight excluding hydrogens is 248 g/mol. The number of hydrogen-bond donors (Lipinski definition) is 1. The SMILES string of the molecule is CCNC(COc1cccc(N(C)C)c1)C1CCCC1. The fourth-order valence-electron chi connectivity index (χ4n) is 3.02. The van der Waals surface area contributed by atoms with Crippen LogP contribution in [-0.2, 0) is 0 Å². The van der Waals surface area contributed by atoms with Crippen molar-refractivity contribution in [2.24, 2.45) is 5.92 Å². The zero-order chi connectivity index (χ0) is 14.4. The molecule has 1 fully saturated rings. The number of benzene rings is 1. The molecule has 1 N–H and O–H groups in total. The molecule has 0 spiro atoms. The highest BCUT2D eigenvalue weighted by Gasteiger charge is 2.24. The second-order valence-electron chi connectivity index (χ2n) is 5.91. The van der Waals surface area contributed by atoms with E-state index in [9.17, 15) is 0 Å². The van der Waals surface area contributed by atoms with E-state index >= 15 is 0 Å². The van der Waals surface area contributed by atoms with Crippen LogP contribution in [0.5, 0.6) is 5.75 Å². The highest BCUT2D eigenvalue weighted by atomic mass is 16.5. The highest BCUT2D eigenvalue weighted by Crippen LogP contribution is 2.28. The summed E-state index contributed by atoms with van der Waals surface area (Å²) in [4.78, 5) is 2.10. The van der Waals surface area contributed by atoms with Gasteiger partial charge in [-0.3, -0.25) is 0 Å². The number of hydrogen-bond acceptors (Lipinski definition) is 3. The van der Waals surface area contributed by atoms with Crippen molar-refractivity contribution in [1.82, 2.24) is 5.32 Å². The molecule has 20 heavy (non-hydrogen) atoms. The van der Waals surface area contributed by atoms with Gasteiger partial charge in [-0.15, -0.1) is 0 Å². The molecule has 3 heteroatoms. The van der Waals surface area contributed by atoms with Crippen molar-refractivity contribution in [3.8, 4) is 5.75 Å². The number of rotatable bonds is 7. The van der Waals surface area contributed by atoms with Gasteiger partial charge < -0.3 is 15.0 Å². The van der Waals surface area contributed by atoms with Crippen molar-refractivity contribution in [3.05, 3.63) is 24.3 Å². The van der Waals surface area contributed by atoms with Crippen LogP contribution < -0.4 is 15.0 Å². The zero-order valence-electron chi connectivity index (χ0n) is 13.1. The summed E-state index contributed by atoms with van der Waals surface area (Å²) in [6.07, 6.45) is 5.45. The van der Waals surface area contributed by atoms with E-state index in [-0.39, 0.29) is 0 Å². The molecule has 1 saturated carbocycles. The topological polar surface area (TPSA) is 24.5 Å². The van der Waals surface area contributed by atoms with Gasteiger partial charge in [-0.25, -0.2) is 0 Å². The van der Waals surface area contributed by atoms with Crippen molar-refractivity contribution < 1.29 is 4.74 Å². The van der Waals surface area contributed by atoms with Crippen LogP contribution in [0.1, 0.15) is 32.6 Å². The smallest absolute Gasteiger partial charge is 0.121 e. The Morgan fingerprint density at radius 1 is 1.30 bits per heavy atom. The summed E-state index contributed by atoms with van der Waals surface area (Å²) in [6.45, 7) is 3.96. The molecule has 0 bridgehead atoms. The predicted molar refractivity (Wildman–Crippen MR) is 85.7 cm³/mol. The summed E-state index contributed by atoms with van der Waals surface area (Å²) in [5, 5.41) is 3.60. The molecule has 1 atom stereocenters. The first-order valence-corrected chi connectivity index (χ1v) is 7.84. The Labute approximate surface area is 123 Å². The molecule has 2 rings (SSSR count). The summed E-state index contributed by atoms with van der Waals surface area (Å²) in [6, 6.07) is 8.81. The van der Waals surface area contributed by atoms with E-state index in [0.29, 0.717) is 6.04 Å². The fraction of sp³-hybridized carbons (Fsp3) is 0.647. The van der Waals surface area contributed by atoms with Crippen LogP contribution in [-0.4, -0.2) is 33.3 Å². The minimum atomic E-state index is 0.491. The average molecular weight is 276 g/mol. The van der Waals surface area contributed by atoms with Crippen LogP contribution in [0.25, 0.3) is 0 Å². The molecule has 0 aliphatic heterocycles. The van der Waals surface area contributed by atoms with Crippen molar-refractivity contribution in [2.75, 3.05) is 32.1 Å². The first kappa shape index (κ1) is 15.2. The van der Waals surface area contributed by atoms with Gasteiger partial charge in [0.05, 0.1) is 0 Å². The van der Waals surface area contributed by atoms with Crippen molar-refractivity contribution in [3.63, 3.8) is 0 Å². The Kier molecular flexibility index (Phi) is 5.72. The molecule has 1 unspecified atom stereocenters. The zero-order valence-corrected chi connectivity index (χ0v) is 13.1. The van der Waals surface area contributed by atoms with Gasteiger partial charge in [-0.05, 0) is 37.4 Å². The quantitative estimate of drug-likeness (QED) is 0.827. The Hall–Kier alpha value is -1.22. The standard InChI is InChI=1S/C17H28N2O/c1-4-18-17(14-8-5-6-9-14)13-20-16-11-7-10-15(12-16)19(2)3/h7,10-12,14,17-18H,4-6,8-9,13H2,1-3H3. The van der Waals surface area contributed by atoms with Crippen LogP contribution in [0.4, 0.5) is 5.69 Å². The number of ether oxygens (including phenoxy) is 1. The van der Waals surface area contributed by atoms with Crippen LogP contribution in [0.3, 0.4) is 0 Å². The van der Waals surface area contributed by atoms with Crippen molar-refractivity contribution in [1.29, 1.82) is 0 Å².